The molecule has 1 aliphatic rings. The van der Waals surface area contributed by atoms with Crippen LogP contribution in [0.15, 0.2) is 46.9 Å². The molecule has 0 N–H and O–H groups in total. The number of benzene rings is 2. The topological polar surface area (TPSA) is 34.1 Å². The molecule has 19 heavy (non-hydrogen) atoms. The summed E-state index contributed by atoms with van der Waals surface area (Å²) in [5.41, 5.74) is 1.52. The number of rotatable bonds is 1. The maximum atomic E-state index is 12.4. The molecule has 2 nitrogen and oxygen atoms in total. The minimum atomic E-state index is -0.817. The Bertz CT molecular complexity index is 674. The van der Waals surface area contributed by atoms with E-state index in [4.69, 9.17) is 11.6 Å². The maximum Gasteiger partial charge on any atom is 0.178 e. The summed E-state index contributed by atoms with van der Waals surface area (Å²) >= 11 is 9.51. The Morgan fingerprint density at radius 2 is 1.47 bits per heavy atom. The lowest BCUT2D eigenvalue weighted by Crippen LogP contribution is -2.13. The molecular formula is C15H8BrClO2. The number of halogens is 2. The van der Waals surface area contributed by atoms with Gasteiger partial charge in [0.25, 0.3) is 0 Å². The lowest BCUT2D eigenvalue weighted by Gasteiger charge is -2.10. The van der Waals surface area contributed by atoms with Gasteiger partial charge in [-0.2, -0.15) is 0 Å². The Morgan fingerprint density at radius 3 is 2.05 bits per heavy atom. The van der Waals surface area contributed by atoms with Gasteiger partial charge in [-0.05, 0) is 27.6 Å². The minimum absolute atomic E-state index is 0.180. The van der Waals surface area contributed by atoms with Crippen molar-refractivity contribution < 1.29 is 9.59 Å². The highest BCUT2D eigenvalue weighted by Gasteiger charge is 2.40. The van der Waals surface area contributed by atoms with Gasteiger partial charge in [0.15, 0.2) is 11.6 Å². The molecule has 0 aliphatic heterocycles. The van der Waals surface area contributed by atoms with Crippen LogP contribution in [-0.4, -0.2) is 11.6 Å². The van der Waals surface area contributed by atoms with Gasteiger partial charge in [-0.3, -0.25) is 9.59 Å². The van der Waals surface area contributed by atoms with E-state index in [1.807, 2.05) is 0 Å². The van der Waals surface area contributed by atoms with Gasteiger partial charge in [0.2, 0.25) is 0 Å². The number of ketones is 2. The SMILES string of the molecule is O=C1c2ccccc2C(=O)C1c1cccc(Br)c1Cl. The van der Waals surface area contributed by atoms with Gasteiger partial charge in [0, 0.05) is 15.6 Å². The lowest BCUT2D eigenvalue weighted by atomic mass is 9.94. The molecule has 0 atom stereocenters. The Hall–Kier alpha value is -1.45. The molecule has 4 heteroatoms. The second-order valence-corrected chi connectivity index (χ2v) is 5.58. The van der Waals surface area contributed by atoms with Crippen LogP contribution in [0.5, 0.6) is 0 Å². The largest absolute Gasteiger partial charge is 0.293 e. The summed E-state index contributed by atoms with van der Waals surface area (Å²) in [6, 6.07) is 12.2. The first-order chi connectivity index (χ1) is 9.11. The van der Waals surface area contributed by atoms with Crippen LogP contribution < -0.4 is 0 Å². The molecule has 0 fully saturated rings. The number of hydrogen-bond acceptors (Lipinski definition) is 2. The molecule has 2 aromatic rings. The third-order valence-electron chi connectivity index (χ3n) is 3.27. The summed E-state index contributed by atoms with van der Waals surface area (Å²) in [6.07, 6.45) is 0. The highest BCUT2D eigenvalue weighted by Crippen LogP contribution is 2.39. The molecule has 0 saturated heterocycles. The summed E-state index contributed by atoms with van der Waals surface area (Å²) in [5, 5.41) is 0.419. The Labute approximate surface area is 123 Å². The Balaban J connectivity index is 2.17. The smallest absolute Gasteiger partial charge is 0.178 e. The van der Waals surface area contributed by atoms with Gasteiger partial charge in [-0.15, -0.1) is 0 Å². The summed E-state index contributed by atoms with van der Waals surface area (Å²) in [6.45, 7) is 0. The number of Topliss-reactive ketones (excluding diaryl/α,β-unsaturated/α-hetero) is 2. The minimum Gasteiger partial charge on any atom is -0.293 e. The number of fused-ring (bicyclic) bond motifs is 1. The van der Waals surface area contributed by atoms with Gasteiger partial charge in [0.05, 0.1) is 5.02 Å². The van der Waals surface area contributed by atoms with Crippen molar-refractivity contribution in [1.29, 1.82) is 0 Å². The zero-order valence-corrected chi connectivity index (χ0v) is 12.0. The standard InChI is InChI=1S/C15H8BrClO2/c16-11-7-3-6-10(13(11)17)12-14(18)8-4-1-2-5-9(8)15(12)19/h1-7,12H. The van der Waals surface area contributed by atoms with E-state index >= 15 is 0 Å². The molecule has 3 rings (SSSR count). The van der Waals surface area contributed by atoms with Crippen molar-refractivity contribution in [2.24, 2.45) is 0 Å². The van der Waals surface area contributed by atoms with Crippen molar-refractivity contribution in [1.82, 2.24) is 0 Å². The second kappa shape index (κ2) is 4.58. The quantitative estimate of drug-likeness (QED) is 0.730. The van der Waals surface area contributed by atoms with Crippen molar-refractivity contribution in [3.8, 4) is 0 Å². The van der Waals surface area contributed by atoms with Crippen molar-refractivity contribution in [3.05, 3.63) is 68.7 Å². The molecule has 0 bridgehead atoms. The van der Waals surface area contributed by atoms with Crippen LogP contribution in [0.4, 0.5) is 0 Å². The van der Waals surface area contributed by atoms with E-state index in [0.717, 1.165) is 0 Å². The Kier molecular flexibility index (Phi) is 3.03. The molecule has 0 amide bonds. The predicted octanol–water partition coefficient (Wildman–Crippen LogP) is 4.27. The molecule has 1 aliphatic carbocycles. The highest BCUT2D eigenvalue weighted by atomic mass is 79.9. The van der Waals surface area contributed by atoms with Crippen LogP contribution in [0.1, 0.15) is 32.2 Å². The van der Waals surface area contributed by atoms with E-state index < -0.39 is 5.92 Å². The summed E-state index contributed by atoms with van der Waals surface area (Å²) in [5.74, 6) is -1.18. The van der Waals surface area contributed by atoms with E-state index in [9.17, 15) is 9.59 Å². The zero-order valence-electron chi connectivity index (χ0n) is 9.69. The monoisotopic (exact) mass is 334 g/mol. The molecule has 0 heterocycles. The first kappa shape index (κ1) is 12.6. The van der Waals surface area contributed by atoms with Crippen LogP contribution in [0.3, 0.4) is 0 Å². The summed E-state index contributed by atoms with van der Waals surface area (Å²) in [4.78, 5) is 24.8. The first-order valence-electron chi connectivity index (χ1n) is 5.72. The van der Waals surface area contributed by atoms with Gasteiger partial charge in [-0.25, -0.2) is 0 Å². The van der Waals surface area contributed by atoms with Gasteiger partial charge in [0.1, 0.15) is 5.92 Å². The van der Waals surface area contributed by atoms with Gasteiger partial charge >= 0.3 is 0 Å². The fourth-order valence-corrected chi connectivity index (χ4v) is 2.99. The normalized spacial score (nSPS) is 14.8. The average molecular weight is 336 g/mol. The van der Waals surface area contributed by atoms with E-state index in [-0.39, 0.29) is 11.6 Å². The van der Waals surface area contributed by atoms with E-state index in [1.165, 1.54) is 0 Å². The van der Waals surface area contributed by atoms with Crippen LogP contribution in [0.2, 0.25) is 5.02 Å². The first-order valence-corrected chi connectivity index (χ1v) is 6.89. The lowest BCUT2D eigenvalue weighted by molar-refractivity contribution is 0.0890. The molecule has 0 spiro atoms. The predicted molar refractivity (Wildman–Crippen MR) is 77.0 cm³/mol. The van der Waals surface area contributed by atoms with Gasteiger partial charge < -0.3 is 0 Å². The molecule has 0 radical (unpaired) electrons. The fourth-order valence-electron chi connectivity index (χ4n) is 2.37. The zero-order chi connectivity index (χ0) is 13.6. The van der Waals surface area contributed by atoms with Crippen molar-refractivity contribution in [3.63, 3.8) is 0 Å². The fraction of sp³-hybridized carbons (Fsp3) is 0.0667. The molecule has 2 aromatic carbocycles. The molecule has 94 valence electrons. The molecule has 0 unspecified atom stereocenters. The highest BCUT2D eigenvalue weighted by molar-refractivity contribution is 9.10. The summed E-state index contributed by atoms with van der Waals surface area (Å²) < 4.78 is 0.684. The average Bonchev–Trinajstić information content (AvgIpc) is 2.67. The number of hydrogen-bond donors (Lipinski definition) is 0. The second-order valence-electron chi connectivity index (χ2n) is 4.35. The molecule has 0 aromatic heterocycles. The van der Waals surface area contributed by atoms with Crippen LogP contribution in [0, 0.1) is 0 Å². The number of carbonyl (C=O) groups is 2. The van der Waals surface area contributed by atoms with Crippen LogP contribution in [-0.2, 0) is 0 Å². The van der Waals surface area contributed by atoms with Gasteiger partial charge in [-0.1, -0.05) is 48.0 Å². The third-order valence-corrected chi connectivity index (χ3v) is 4.59. The third kappa shape index (κ3) is 1.85. The Morgan fingerprint density at radius 1 is 0.895 bits per heavy atom. The molecular weight excluding hydrogens is 328 g/mol. The van der Waals surface area contributed by atoms with Crippen molar-refractivity contribution in [2.45, 2.75) is 5.92 Å². The molecule has 0 saturated carbocycles. The van der Waals surface area contributed by atoms with Crippen molar-refractivity contribution in [2.75, 3.05) is 0 Å². The van der Waals surface area contributed by atoms with Crippen LogP contribution >= 0.6 is 27.5 Å². The number of carbonyl (C=O) groups excluding carboxylic acids is 2. The summed E-state index contributed by atoms with van der Waals surface area (Å²) in [7, 11) is 0. The van der Waals surface area contributed by atoms with Crippen LogP contribution in [0.25, 0.3) is 0 Å². The maximum absolute atomic E-state index is 12.4. The van der Waals surface area contributed by atoms with E-state index in [0.29, 0.717) is 26.2 Å². The van der Waals surface area contributed by atoms with Crippen molar-refractivity contribution >= 4 is 39.1 Å². The van der Waals surface area contributed by atoms with E-state index in [2.05, 4.69) is 15.9 Å². The van der Waals surface area contributed by atoms with E-state index in [1.54, 1.807) is 42.5 Å².